The van der Waals surface area contributed by atoms with E-state index >= 15 is 0 Å². The first-order chi connectivity index (χ1) is 16.6. The topological polar surface area (TPSA) is 59.9 Å². The van der Waals surface area contributed by atoms with E-state index in [2.05, 4.69) is 9.97 Å². The molecule has 2 rings (SSSR count). The van der Waals surface area contributed by atoms with E-state index in [9.17, 15) is 35.9 Å². The predicted molar refractivity (Wildman–Crippen MR) is 129 cm³/mol. The molecule has 198 valence electrons. The van der Waals surface area contributed by atoms with Gasteiger partial charge in [0.2, 0.25) is 0 Å². The lowest BCUT2D eigenvalue weighted by Gasteiger charge is -2.11. The summed E-state index contributed by atoms with van der Waals surface area (Å²) >= 11 is 2.64. The maximum absolute atomic E-state index is 12.6. The van der Waals surface area contributed by atoms with Crippen molar-refractivity contribution < 1.29 is 35.9 Å². The van der Waals surface area contributed by atoms with Crippen molar-refractivity contribution in [3.05, 3.63) is 59.4 Å². The van der Waals surface area contributed by atoms with Gasteiger partial charge in [0.1, 0.15) is 6.29 Å². The van der Waals surface area contributed by atoms with Crippen LogP contribution < -0.4 is 0 Å². The third-order valence-electron chi connectivity index (χ3n) is 4.31. The molecular formula is C24H26F6N2O2S2. The molecule has 2 aromatic rings. The molecule has 0 saturated carbocycles. The lowest BCUT2D eigenvalue weighted by atomic mass is 10.2. The van der Waals surface area contributed by atoms with Crippen LogP contribution in [0.25, 0.3) is 0 Å². The number of carbonyl (C=O) groups excluding carboxylic acids is 2. The smallest absolute Gasteiger partial charge is 0.303 e. The summed E-state index contributed by atoms with van der Waals surface area (Å²) in [4.78, 5) is 28.8. The Labute approximate surface area is 214 Å². The monoisotopic (exact) mass is 552 g/mol. The number of rotatable bonds is 9. The molecule has 0 aliphatic carbocycles. The molecule has 0 fully saturated rings. The average molecular weight is 553 g/mol. The fourth-order valence-electron chi connectivity index (χ4n) is 2.38. The second-order valence-electron chi connectivity index (χ2n) is 7.85. The Hall–Kier alpha value is -2.34. The number of thioether (sulfide) groups is 2. The van der Waals surface area contributed by atoms with E-state index in [1.165, 1.54) is 55.6 Å². The molecule has 0 saturated heterocycles. The van der Waals surface area contributed by atoms with Crippen LogP contribution in [-0.2, 0) is 21.9 Å². The number of aryl methyl sites for hydroxylation is 1. The SMILES string of the molecule is CC(=O)/C=C/C(C)CSc1ccc(C(F)(F)F)c(C)n1.CC(C=O)CSc1ccc(C(F)(F)F)cn1. The number of hydrogen-bond donors (Lipinski definition) is 0. The number of hydrogen-bond acceptors (Lipinski definition) is 6. The maximum atomic E-state index is 12.6. The van der Waals surface area contributed by atoms with E-state index in [1.807, 2.05) is 6.92 Å². The lowest BCUT2D eigenvalue weighted by molar-refractivity contribution is -0.139. The van der Waals surface area contributed by atoms with Gasteiger partial charge in [-0.15, -0.1) is 23.5 Å². The summed E-state index contributed by atoms with van der Waals surface area (Å²) in [7, 11) is 0. The third-order valence-corrected chi connectivity index (χ3v) is 6.75. The lowest BCUT2D eigenvalue weighted by Crippen LogP contribution is -2.09. The second-order valence-corrected chi connectivity index (χ2v) is 9.93. The highest BCUT2D eigenvalue weighted by Crippen LogP contribution is 2.32. The first-order valence-corrected chi connectivity index (χ1v) is 12.6. The van der Waals surface area contributed by atoms with Gasteiger partial charge in [0.25, 0.3) is 0 Å². The van der Waals surface area contributed by atoms with E-state index in [-0.39, 0.29) is 23.3 Å². The molecule has 2 atom stereocenters. The molecule has 0 radical (unpaired) electrons. The van der Waals surface area contributed by atoms with Gasteiger partial charge in [-0.05, 0) is 50.1 Å². The Morgan fingerprint density at radius 2 is 1.53 bits per heavy atom. The Bertz CT molecular complexity index is 1020. The van der Waals surface area contributed by atoms with Gasteiger partial charge in [0, 0.05) is 23.6 Å². The Balaban J connectivity index is 0.000000369. The first kappa shape index (κ1) is 31.7. The third kappa shape index (κ3) is 12.1. The van der Waals surface area contributed by atoms with Crippen molar-refractivity contribution in [2.75, 3.05) is 11.5 Å². The largest absolute Gasteiger partial charge is 0.418 e. The van der Waals surface area contributed by atoms with Gasteiger partial charge in [0.15, 0.2) is 5.78 Å². The van der Waals surface area contributed by atoms with Gasteiger partial charge in [0.05, 0.1) is 26.9 Å². The Kier molecular flexibility index (Phi) is 12.7. The fraction of sp³-hybridized carbons (Fsp3) is 0.417. The normalized spacial score (nSPS) is 13.6. The van der Waals surface area contributed by atoms with Crippen LogP contribution in [0.1, 0.15) is 37.6 Å². The zero-order valence-corrected chi connectivity index (χ0v) is 21.6. The molecule has 0 aliphatic rings. The molecule has 12 heteroatoms. The van der Waals surface area contributed by atoms with Crippen molar-refractivity contribution in [2.24, 2.45) is 11.8 Å². The van der Waals surface area contributed by atoms with Crippen molar-refractivity contribution in [2.45, 2.75) is 50.1 Å². The summed E-state index contributed by atoms with van der Waals surface area (Å²) in [5.74, 6) is 1.16. The molecule has 0 bridgehead atoms. The van der Waals surface area contributed by atoms with E-state index in [1.54, 1.807) is 13.0 Å². The van der Waals surface area contributed by atoms with Crippen LogP contribution in [0.5, 0.6) is 0 Å². The van der Waals surface area contributed by atoms with E-state index < -0.39 is 23.5 Å². The van der Waals surface area contributed by atoms with Crippen LogP contribution in [0.15, 0.2) is 52.7 Å². The van der Waals surface area contributed by atoms with Crippen molar-refractivity contribution in [1.82, 2.24) is 9.97 Å². The van der Waals surface area contributed by atoms with E-state index in [0.29, 0.717) is 21.6 Å². The fourth-order valence-corrected chi connectivity index (χ4v) is 4.09. The highest BCUT2D eigenvalue weighted by atomic mass is 32.2. The molecule has 0 spiro atoms. The molecule has 0 N–H and O–H groups in total. The van der Waals surface area contributed by atoms with Gasteiger partial charge in [-0.1, -0.05) is 19.9 Å². The van der Waals surface area contributed by atoms with Crippen LogP contribution in [0.3, 0.4) is 0 Å². The number of halogens is 6. The number of alkyl halides is 6. The zero-order chi connectivity index (χ0) is 27.5. The highest BCUT2D eigenvalue weighted by molar-refractivity contribution is 7.99. The minimum absolute atomic E-state index is 0.0190. The van der Waals surface area contributed by atoms with Crippen molar-refractivity contribution in [1.29, 1.82) is 0 Å². The maximum Gasteiger partial charge on any atom is 0.418 e. The van der Waals surface area contributed by atoms with Crippen molar-refractivity contribution >= 4 is 35.6 Å². The van der Waals surface area contributed by atoms with Crippen molar-refractivity contribution in [3.63, 3.8) is 0 Å². The van der Waals surface area contributed by atoms with Gasteiger partial charge >= 0.3 is 12.4 Å². The van der Waals surface area contributed by atoms with Crippen LogP contribution in [0.4, 0.5) is 26.3 Å². The molecule has 36 heavy (non-hydrogen) atoms. The average Bonchev–Trinajstić information content (AvgIpc) is 2.79. The summed E-state index contributed by atoms with van der Waals surface area (Å²) in [5, 5.41) is 1.04. The summed E-state index contributed by atoms with van der Waals surface area (Å²) in [6.07, 6.45) is -3.84. The molecule has 4 nitrogen and oxygen atoms in total. The minimum atomic E-state index is -4.36. The molecule has 0 amide bonds. The molecular weight excluding hydrogens is 526 g/mol. The number of aromatic nitrogens is 2. The first-order valence-electron chi connectivity index (χ1n) is 10.6. The van der Waals surface area contributed by atoms with Gasteiger partial charge < -0.3 is 4.79 Å². The summed E-state index contributed by atoms with van der Waals surface area (Å²) in [6.45, 7) is 6.50. The standard InChI is InChI=1S/C14H16F3NOS.C10H10F3NOS/c1-9(4-5-10(2)19)8-20-13-7-6-12(11(3)18-13)14(15,16)17;1-7(5-15)6-16-9-3-2-8(4-14-9)10(11,12)13/h4-7,9H,8H2,1-3H3;2-5,7H,6H2,1H3/b5-4+;. The van der Waals surface area contributed by atoms with Crippen LogP contribution in [0, 0.1) is 18.8 Å². The van der Waals surface area contributed by atoms with E-state index in [4.69, 9.17) is 0 Å². The summed E-state index contributed by atoms with van der Waals surface area (Å²) in [5.41, 5.74) is -1.49. The predicted octanol–water partition coefficient (Wildman–Crippen LogP) is 7.31. The van der Waals surface area contributed by atoms with Crippen molar-refractivity contribution in [3.8, 4) is 0 Å². The number of pyridine rings is 2. The van der Waals surface area contributed by atoms with Crippen LogP contribution >= 0.6 is 23.5 Å². The van der Waals surface area contributed by atoms with Gasteiger partial charge in [-0.25, -0.2) is 9.97 Å². The molecule has 2 heterocycles. The second kappa shape index (κ2) is 14.4. The molecule has 0 aliphatic heterocycles. The number of aldehydes is 1. The van der Waals surface area contributed by atoms with Crippen LogP contribution in [-0.4, -0.2) is 33.5 Å². The zero-order valence-electron chi connectivity index (χ0n) is 20.0. The van der Waals surface area contributed by atoms with Crippen LogP contribution in [0.2, 0.25) is 0 Å². The quantitative estimate of drug-likeness (QED) is 0.141. The number of nitrogens with zero attached hydrogens (tertiary/aromatic N) is 2. The van der Waals surface area contributed by atoms with Gasteiger partial charge in [-0.3, -0.25) is 4.79 Å². The summed E-state index contributed by atoms with van der Waals surface area (Å²) < 4.78 is 74.3. The minimum Gasteiger partial charge on any atom is -0.303 e. The number of ketones is 1. The Morgan fingerprint density at radius 3 is 2.00 bits per heavy atom. The highest BCUT2D eigenvalue weighted by Gasteiger charge is 2.33. The number of allylic oxidation sites excluding steroid dienone is 2. The molecule has 2 aromatic heterocycles. The molecule has 0 aromatic carbocycles. The Morgan fingerprint density at radius 1 is 0.944 bits per heavy atom. The molecule has 2 unspecified atom stereocenters. The number of carbonyl (C=O) groups is 2. The summed E-state index contributed by atoms with van der Waals surface area (Å²) in [6, 6.07) is 4.73. The van der Waals surface area contributed by atoms with E-state index in [0.717, 1.165) is 24.6 Å². The van der Waals surface area contributed by atoms with Gasteiger partial charge in [-0.2, -0.15) is 26.3 Å².